The minimum absolute atomic E-state index is 0.0209. The molecule has 0 saturated heterocycles. The summed E-state index contributed by atoms with van der Waals surface area (Å²) in [5, 5.41) is 12.6. The van der Waals surface area contributed by atoms with Crippen LogP contribution in [0.5, 0.6) is 0 Å². The second kappa shape index (κ2) is 5.46. The van der Waals surface area contributed by atoms with Gasteiger partial charge in [0.05, 0.1) is 12.6 Å². The van der Waals surface area contributed by atoms with Crippen LogP contribution in [0.25, 0.3) is 0 Å². The first-order valence-electron chi connectivity index (χ1n) is 5.72. The van der Waals surface area contributed by atoms with E-state index in [0.29, 0.717) is 5.82 Å². The first-order chi connectivity index (χ1) is 8.69. The van der Waals surface area contributed by atoms with Gasteiger partial charge < -0.3 is 16.2 Å². The lowest BCUT2D eigenvalue weighted by Gasteiger charge is -2.17. The van der Waals surface area contributed by atoms with Gasteiger partial charge in [0, 0.05) is 11.8 Å². The van der Waals surface area contributed by atoms with Gasteiger partial charge in [-0.25, -0.2) is 4.98 Å². The SMILES string of the molecule is Cc1cc(N[C@H](CO)c2ccccc2)nc(N)n1. The fourth-order valence-corrected chi connectivity index (χ4v) is 1.76. The fourth-order valence-electron chi connectivity index (χ4n) is 1.76. The van der Waals surface area contributed by atoms with Gasteiger partial charge in [-0.05, 0) is 12.5 Å². The van der Waals surface area contributed by atoms with E-state index in [4.69, 9.17) is 5.73 Å². The molecule has 0 spiro atoms. The van der Waals surface area contributed by atoms with E-state index in [-0.39, 0.29) is 18.6 Å². The highest BCUT2D eigenvalue weighted by atomic mass is 16.3. The molecule has 0 unspecified atom stereocenters. The van der Waals surface area contributed by atoms with Crippen LogP contribution < -0.4 is 11.1 Å². The van der Waals surface area contributed by atoms with Crippen LogP contribution in [-0.2, 0) is 0 Å². The molecule has 1 aromatic heterocycles. The zero-order chi connectivity index (χ0) is 13.0. The number of nitrogens with two attached hydrogens (primary N) is 1. The average molecular weight is 244 g/mol. The van der Waals surface area contributed by atoms with Crippen LogP contribution in [0.3, 0.4) is 0 Å². The molecule has 1 atom stereocenters. The molecule has 0 aliphatic heterocycles. The Morgan fingerprint density at radius 2 is 2.00 bits per heavy atom. The Bertz CT molecular complexity index is 495. The van der Waals surface area contributed by atoms with Gasteiger partial charge in [0.2, 0.25) is 5.95 Å². The Kier molecular flexibility index (Phi) is 3.74. The number of hydrogen-bond acceptors (Lipinski definition) is 5. The highest BCUT2D eigenvalue weighted by molar-refractivity contribution is 5.42. The zero-order valence-corrected chi connectivity index (χ0v) is 10.2. The summed E-state index contributed by atoms with van der Waals surface area (Å²) in [7, 11) is 0. The van der Waals surface area contributed by atoms with Gasteiger partial charge in [0.15, 0.2) is 0 Å². The van der Waals surface area contributed by atoms with Crippen LogP contribution in [0.1, 0.15) is 17.3 Å². The molecule has 94 valence electrons. The lowest BCUT2D eigenvalue weighted by molar-refractivity contribution is 0.276. The summed E-state index contributed by atoms with van der Waals surface area (Å²) >= 11 is 0. The molecule has 2 aromatic rings. The summed E-state index contributed by atoms with van der Waals surface area (Å²) in [5.41, 5.74) is 7.37. The molecule has 0 bridgehead atoms. The predicted octanol–water partition coefficient (Wildman–Crippen LogP) is 1.51. The summed E-state index contributed by atoms with van der Waals surface area (Å²) in [6.45, 7) is 1.83. The van der Waals surface area contributed by atoms with Crippen LogP contribution in [0.2, 0.25) is 0 Å². The fraction of sp³-hybridized carbons (Fsp3) is 0.231. The van der Waals surface area contributed by atoms with E-state index < -0.39 is 0 Å². The molecule has 4 N–H and O–H groups in total. The Balaban J connectivity index is 2.20. The lowest BCUT2D eigenvalue weighted by atomic mass is 10.1. The lowest BCUT2D eigenvalue weighted by Crippen LogP contribution is -2.16. The minimum atomic E-state index is -0.208. The smallest absolute Gasteiger partial charge is 0.222 e. The van der Waals surface area contributed by atoms with Crippen molar-refractivity contribution in [1.82, 2.24) is 9.97 Å². The molecule has 0 amide bonds. The highest BCUT2D eigenvalue weighted by Gasteiger charge is 2.10. The second-order valence-electron chi connectivity index (χ2n) is 4.04. The number of nitrogen functional groups attached to an aromatic ring is 1. The topological polar surface area (TPSA) is 84.1 Å². The van der Waals surface area contributed by atoms with Crippen molar-refractivity contribution in [3.63, 3.8) is 0 Å². The number of anilines is 2. The van der Waals surface area contributed by atoms with Crippen molar-refractivity contribution in [1.29, 1.82) is 0 Å². The average Bonchev–Trinajstić information content (AvgIpc) is 2.36. The number of nitrogens with one attached hydrogen (secondary N) is 1. The van der Waals surface area contributed by atoms with E-state index >= 15 is 0 Å². The Labute approximate surface area is 106 Å². The number of aryl methyl sites for hydroxylation is 1. The standard InChI is InChI=1S/C13H16N4O/c1-9-7-12(17-13(14)15-9)16-11(8-18)10-5-3-2-4-6-10/h2-7,11,18H,8H2,1H3,(H3,14,15,16,17)/t11-/m1/s1. The predicted molar refractivity (Wildman–Crippen MR) is 71.1 cm³/mol. The molecule has 0 saturated carbocycles. The molecule has 1 aromatic carbocycles. The van der Waals surface area contributed by atoms with Crippen molar-refractivity contribution in [2.24, 2.45) is 0 Å². The van der Waals surface area contributed by atoms with Gasteiger partial charge in [-0.15, -0.1) is 0 Å². The monoisotopic (exact) mass is 244 g/mol. The third-order valence-corrected chi connectivity index (χ3v) is 2.58. The first kappa shape index (κ1) is 12.3. The van der Waals surface area contributed by atoms with Gasteiger partial charge >= 0.3 is 0 Å². The van der Waals surface area contributed by atoms with Crippen molar-refractivity contribution < 1.29 is 5.11 Å². The van der Waals surface area contributed by atoms with E-state index in [2.05, 4.69) is 15.3 Å². The van der Waals surface area contributed by atoms with E-state index in [9.17, 15) is 5.11 Å². The largest absolute Gasteiger partial charge is 0.394 e. The molecule has 0 aliphatic carbocycles. The quantitative estimate of drug-likeness (QED) is 0.759. The first-order valence-corrected chi connectivity index (χ1v) is 5.72. The number of aliphatic hydroxyl groups is 1. The van der Waals surface area contributed by atoms with E-state index in [1.807, 2.05) is 37.3 Å². The normalized spacial score (nSPS) is 12.1. The summed E-state index contributed by atoms with van der Waals surface area (Å²) in [4.78, 5) is 8.10. The van der Waals surface area contributed by atoms with Gasteiger partial charge in [-0.2, -0.15) is 4.98 Å². The Morgan fingerprint density at radius 3 is 2.61 bits per heavy atom. The maximum Gasteiger partial charge on any atom is 0.222 e. The number of aliphatic hydroxyl groups excluding tert-OH is 1. The van der Waals surface area contributed by atoms with Gasteiger partial charge in [0.25, 0.3) is 0 Å². The maximum atomic E-state index is 9.44. The Hall–Kier alpha value is -2.14. The van der Waals surface area contributed by atoms with Crippen molar-refractivity contribution >= 4 is 11.8 Å². The Morgan fingerprint density at radius 1 is 1.28 bits per heavy atom. The van der Waals surface area contributed by atoms with Crippen molar-refractivity contribution in [2.75, 3.05) is 17.7 Å². The van der Waals surface area contributed by atoms with Gasteiger partial charge in [0.1, 0.15) is 5.82 Å². The van der Waals surface area contributed by atoms with Crippen LogP contribution in [0.15, 0.2) is 36.4 Å². The molecule has 2 rings (SSSR count). The van der Waals surface area contributed by atoms with E-state index in [1.165, 1.54) is 0 Å². The highest BCUT2D eigenvalue weighted by Crippen LogP contribution is 2.18. The van der Waals surface area contributed by atoms with Crippen LogP contribution in [-0.4, -0.2) is 21.7 Å². The molecule has 0 radical (unpaired) electrons. The van der Waals surface area contributed by atoms with Crippen molar-refractivity contribution in [2.45, 2.75) is 13.0 Å². The number of aromatic nitrogens is 2. The number of hydrogen-bond donors (Lipinski definition) is 3. The molecule has 5 nitrogen and oxygen atoms in total. The van der Waals surface area contributed by atoms with E-state index in [0.717, 1.165) is 11.3 Å². The summed E-state index contributed by atoms with van der Waals surface area (Å²) in [6, 6.07) is 11.3. The molecule has 18 heavy (non-hydrogen) atoms. The van der Waals surface area contributed by atoms with Crippen LogP contribution in [0.4, 0.5) is 11.8 Å². The summed E-state index contributed by atoms with van der Waals surface area (Å²) < 4.78 is 0. The molecule has 0 aliphatic rings. The van der Waals surface area contributed by atoms with Gasteiger partial charge in [-0.3, -0.25) is 0 Å². The van der Waals surface area contributed by atoms with Gasteiger partial charge in [-0.1, -0.05) is 30.3 Å². The minimum Gasteiger partial charge on any atom is -0.394 e. The van der Waals surface area contributed by atoms with Crippen LogP contribution >= 0.6 is 0 Å². The molecule has 0 fully saturated rings. The third kappa shape index (κ3) is 2.95. The van der Waals surface area contributed by atoms with E-state index in [1.54, 1.807) is 6.07 Å². The van der Waals surface area contributed by atoms with Crippen molar-refractivity contribution in [3.05, 3.63) is 47.7 Å². The van der Waals surface area contributed by atoms with Crippen LogP contribution in [0, 0.1) is 6.92 Å². The number of nitrogens with zero attached hydrogens (tertiary/aromatic N) is 2. The number of benzene rings is 1. The molecule has 1 heterocycles. The molecular formula is C13H16N4O. The summed E-state index contributed by atoms with van der Waals surface area (Å²) in [6.07, 6.45) is 0. The maximum absolute atomic E-state index is 9.44. The molecule has 5 heteroatoms. The second-order valence-corrected chi connectivity index (χ2v) is 4.04. The molecular weight excluding hydrogens is 228 g/mol. The third-order valence-electron chi connectivity index (χ3n) is 2.58. The zero-order valence-electron chi connectivity index (χ0n) is 10.2. The van der Waals surface area contributed by atoms with Crippen molar-refractivity contribution in [3.8, 4) is 0 Å². The summed E-state index contributed by atoms with van der Waals surface area (Å²) in [5.74, 6) is 0.838. The number of rotatable bonds is 4.